The Morgan fingerprint density at radius 3 is 1.98 bits per heavy atom. The number of rotatable bonds is 11. The highest BCUT2D eigenvalue weighted by Crippen LogP contribution is 2.35. The number of hydrogen-bond acceptors (Lipinski definition) is 9. The molecular formula is C41H48N10O5. The van der Waals surface area contributed by atoms with Gasteiger partial charge in [-0.15, -0.1) is 0 Å². The van der Waals surface area contributed by atoms with Crippen LogP contribution in [0.1, 0.15) is 83.5 Å². The Morgan fingerprint density at radius 2 is 1.39 bits per heavy atom. The second-order valence-electron chi connectivity index (χ2n) is 14.8. The van der Waals surface area contributed by atoms with Crippen LogP contribution in [0.2, 0.25) is 0 Å². The molecule has 4 N–H and O–H groups in total. The third kappa shape index (κ3) is 7.84. The number of nitrogens with one attached hydrogen (secondary N) is 4. The minimum atomic E-state index is -0.882. The Labute approximate surface area is 325 Å². The zero-order chi connectivity index (χ0) is 39.5. The number of H-pyrrole nitrogens is 2. The van der Waals surface area contributed by atoms with E-state index in [1.807, 2.05) is 68.1 Å². The number of alkyl carbamates (subject to hydrolysis) is 1. The van der Waals surface area contributed by atoms with E-state index in [4.69, 9.17) is 14.7 Å². The van der Waals surface area contributed by atoms with Gasteiger partial charge in [0, 0.05) is 38.2 Å². The molecule has 2 saturated heterocycles. The summed E-state index contributed by atoms with van der Waals surface area (Å²) in [6, 6.07) is 12.9. The molecule has 2 aliphatic rings. The van der Waals surface area contributed by atoms with Crippen molar-refractivity contribution in [3.05, 3.63) is 72.7 Å². The first-order valence-corrected chi connectivity index (χ1v) is 19.3. The minimum absolute atomic E-state index is 0.0846. The van der Waals surface area contributed by atoms with Crippen molar-refractivity contribution in [1.82, 2.24) is 50.3 Å². The van der Waals surface area contributed by atoms with Crippen molar-refractivity contribution < 1.29 is 23.9 Å². The number of carbonyl (C=O) groups is 4. The predicted molar refractivity (Wildman–Crippen MR) is 210 cm³/mol. The van der Waals surface area contributed by atoms with E-state index in [9.17, 15) is 19.2 Å². The van der Waals surface area contributed by atoms with Crippen molar-refractivity contribution in [3.8, 4) is 33.8 Å². The van der Waals surface area contributed by atoms with Crippen molar-refractivity contribution in [3.63, 3.8) is 0 Å². The Balaban J connectivity index is 1.03. The molecule has 2 aliphatic heterocycles. The highest BCUT2D eigenvalue weighted by molar-refractivity contribution is 5.87. The molecule has 0 aliphatic carbocycles. The van der Waals surface area contributed by atoms with Gasteiger partial charge in [0.25, 0.3) is 5.91 Å². The third-order valence-electron chi connectivity index (χ3n) is 10.6. The van der Waals surface area contributed by atoms with Crippen LogP contribution in [0.3, 0.4) is 0 Å². The first kappa shape index (κ1) is 38.2. The van der Waals surface area contributed by atoms with Crippen molar-refractivity contribution in [2.75, 3.05) is 20.1 Å². The van der Waals surface area contributed by atoms with Crippen LogP contribution >= 0.6 is 0 Å². The van der Waals surface area contributed by atoms with Crippen LogP contribution in [0.5, 0.6) is 0 Å². The van der Waals surface area contributed by atoms with Crippen molar-refractivity contribution in [2.24, 2.45) is 5.92 Å². The van der Waals surface area contributed by atoms with Gasteiger partial charge in [0.2, 0.25) is 11.8 Å². The van der Waals surface area contributed by atoms with Crippen LogP contribution < -0.4 is 10.6 Å². The molecule has 4 atom stereocenters. The van der Waals surface area contributed by atoms with Gasteiger partial charge in [0.15, 0.2) is 6.10 Å². The fraction of sp³-hybridized carbons (Fsp3) is 0.415. The minimum Gasteiger partial charge on any atom is -0.436 e. The van der Waals surface area contributed by atoms with Gasteiger partial charge in [0.05, 0.1) is 58.8 Å². The third-order valence-corrected chi connectivity index (χ3v) is 10.6. The largest absolute Gasteiger partial charge is 0.436 e. The Bertz CT molecular complexity index is 2230. The molecule has 3 aromatic heterocycles. The number of hydrogen-bond donors (Lipinski definition) is 4. The van der Waals surface area contributed by atoms with Gasteiger partial charge in [-0.3, -0.25) is 19.4 Å². The Morgan fingerprint density at radius 1 is 0.804 bits per heavy atom. The Hall–Kier alpha value is -6.12. The fourth-order valence-electron chi connectivity index (χ4n) is 7.67. The van der Waals surface area contributed by atoms with E-state index in [1.165, 1.54) is 14.0 Å². The summed E-state index contributed by atoms with van der Waals surface area (Å²) in [4.78, 5) is 79.8. The van der Waals surface area contributed by atoms with E-state index in [2.05, 4.69) is 30.6 Å². The normalized spacial score (nSPS) is 18.0. The van der Waals surface area contributed by atoms with Gasteiger partial charge < -0.3 is 35.1 Å². The van der Waals surface area contributed by atoms with Gasteiger partial charge in [-0.2, -0.15) is 0 Å². The quantitative estimate of drug-likeness (QED) is 0.131. The monoisotopic (exact) mass is 760 g/mol. The lowest BCUT2D eigenvalue weighted by molar-refractivity contribution is -0.143. The maximum Gasteiger partial charge on any atom is 0.407 e. The number of fused-ring (bicyclic) bond motifs is 1. The summed E-state index contributed by atoms with van der Waals surface area (Å²) >= 11 is 0. The van der Waals surface area contributed by atoms with Gasteiger partial charge in [-0.05, 0) is 55.7 Å². The lowest BCUT2D eigenvalue weighted by atomic mass is 10.1. The summed E-state index contributed by atoms with van der Waals surface area (Å²) in [5.41, 5.74) is 6.63. The van der Waals surface area contributed by atoms with E-state index in [-0.39, 0.29) is 35.7 Å². The molecule has 5 heterocycles. The molecule has 4 amide bonds. The maximum absolute atomic E-state index is 13.5. The lowest BCUT2D eigenvalue weighted by Crippen LogP contribution is -2.47. The molecule has 0 spiro atoms. The summed E-state index contributed by atoms with van der Waals surface area (Å²) in [6.07, 6.45) is 7.59. The highest BCUT2D eigenvalue weighted by Gasteiger charge is 2.39. The molecule has 0 bridgehead atoms. The molecule has 292 valence electrons. The smallest absolute Gasteiger partial charge is 0.407 e. The van der Waals surface area contributed by atoms with Gasteiger partial charge in [-0.25, -0.2) is 19.7 Å². The van der Waals surface area contributed by atoms with Crippen LogP contribution in [0.25, 0.3) is 44.8 Å². The number of carbonyl (C=O) groups excluding carboxylic acids is 4. The molecule has 15 nitrogen and oxygen atoms in total. The molecule has 0 radical (unpaired) electrons. The summed E-state index contributed by atoms with van der Waals surface area (Å²) in [5.74, 6) is 0.715. The first-order valence-electron chi connectivity index (χ1n) is 19.3. The number of aromatic amines is 2. The second-order valence-corrected chi connectivity index (χ2v) is 14.8. The van der Waals surface area contributed by atoms with Crippen LogP contribution in [0, 0.1) is 5.92 Å². The van der Waals surface area contributed by atoms with E-state index in [1.54, 1.807) is 23.5 Å². The number of benzene rings is 2. The molecule has 0 saturated carbocycles. The molecule has 2 unspecified atom stereocenters. The van der Waals surface area contributed by atoms with Crippen LogP contribution in [0.15, 0.2) is 61.1 Å². The van der Waals surface area contributed by atoms with Gasteiger partial charge in [0.1, 0.15) is 17.7 Å². The van der Waals surface area contributed by atoms with Gasteiger partial charge in [-0.1, -0.05) is 51.1 Å². The predicted octanol–water partition coefficient (Wildman–Crippen LogP) is 5.70. The molecular weight excluding hydrogens is 713 g/mol. The second kappa shape index (κ2) is 16.3. The number of ether oxygens (including phenoxy) is 1. The molecule has 5 aromatic rings. The zero-order valence-electron chi connectivity index (χ0n) is 32.3. The molecule has 2 aromatic carbocycles. The van der Waals surface area contributed by atoms with Crippen LogP contribution in [0.4, 0.5) is 4.79 Å². The van der Waals surface area contributed by atoms with Crippen molar-refractivity contribution >= 4 is 34.8 Å². The maximum atomic E-state index is 13.5. The fourth-order valence-corrected chi connectivity index (χ4v) is 7.67. The zero-order valence-corrected chi connectivity index (χ0v) is 32.3. The van der Waals surface area contributed by atoms with E-state index >= 15 is 0 Å². The molecule has 15 heteroatoms. The van der Waals surface area contributed by atoms with Crippen LogP contribution in [-0.4, -0.2) is 95.8 Å². The van der Waals surface area contributed by atoms with E-state index in [0.29, 0.717) is 25.3 Å². The van der Waals surface area contributed by atoms with Crippen LogP contribution in [-0.2, 0) is 19.1 Å². The average molecular weight is 761 g/mol. The number of imidazole rings is 2. The summed E-state index contributed by atoms with van der Waals surface area (Å²) in [7, 11) is 1.47. The molecule has 7 rings (SSSR count). The molecule has 2 fully saturated rings. The molecule has 56 heavy (non-hydrogen) atoms. The van der Waals surface area contributed by atoms with E-state index < -0.39 is 18.2 Å². The average Bonchev–Trinajstić information content (AvgIpc) is 4.05. The topological polar surface area (TPSA) is 191 Å². The summed E-state index contributed by atoms with van der Waals surface area (Å²) < 4.78 is 5.43. The van der Waals surface area contributed by atoms with Crippen molar-refractivity contribution in [1.29, 1.82) is 0 Å². The first-order chi connectivity index (χ1) is 27.0. The standard InChI is InChI=1S/C41H48N10O5/c1-6-28(46-24(4)52)39(53)50-17-7-9-34(50)37-45-22-33(49-37)27-15-16-29-30(19-27)43-20-31(47-29)25-11-13-26(14-12-25)32-21-44-38(48-32)35-10-8-18-51(35)40(54)36(23(2)3)56-41(55)42-5/h11-16,19-23,28,34-36H,6-10,17-18H2,1-5H3,(H,42,55)(H,44,48)(H,45,49)(H,46,52)/t28-,34?,35?,36-/m0/s1. The number of nitrogens with zero attached hydrogens (tertiary/aromatic N) is 6. The van der Waals surface area contributed by atoms with E-state index in [0.717, 1.165) is 76.3 Å². The number of amides is 4. The highest BCUT2D eigenvalue weighted by atomic mass is 16.6. The van der Waals surface area contributed by atoms with Crippen molar-refractivity contribution in [2.45, 2.75) is 84.0 Å². The van der Waals surface area contributed by atoms with Gasteiger partial charge >= 0.3 is 6.09 Å². The summed E-state index contributed by atoms with van der Waals surface area (Å²) in [5, 5.41) is 5.21. The SMILES string of the molecule is CC[C@H](NC(C)=O)C(=O)N1CCCC1c1ncc(-c2ccc3nc(-c4ccc(-c5cnc(C6CCCN6C(=O)[C@@H](OC(=O)NC)C(C)C)[nH]5)cc4)cnc3c2)[nH]1. The Kier molecular flexibility index (Phi) is 11.1. The summed E-state index contributed by atoms with van der Waals surface area (Å²) in [6.45, 7) is 8.23. The number of aromatic nitrogens is 6. The number of likely N-dealkylation sites (tertiary alicyclic amines) is 2. The lowest BCUT2D eigenvalue weighted by Gasteiger charge is -2.29.